The molecule has 0 radical (unpaired) electrons. The fourth-order valence-corrected chi connectivity index (χ4v) is 5.77. The Kier molecular flexibility index (Phi) is 3.23. The van der Waals surface area contributed by atoms with Crippen molar-refractivity contribution >= 4 is 5.97 Å². The number of hydrogen-bond acceptors (Lipinski definition) is 2. The molecule has 0 spiro atoms. The van der Waals surface area contributed by atoms with E-state index in [4.69, 9.17) is 4.74 Å². The van der Waals surface area contributed by atoms with Gasteiger partial charge in [0.2, 0.25) is 0 Å². The maximum atomic E-state index is 14.8. The summed E-state index contributed by atoms with van der Waals surface area (Å²) in [5.41, 5.74) is -0.502. The van der Waals surface area contributed by atoms with Crippen molar-refractivity contribution in [2.75, 3.05) is 0 Å². The van der Waals surface area contributed by atoms with Crippen LogP contribution < -0.4 is 4.74 Å². The molecular formula is C20H22F2O3. The first-order valence-corrected chi connectivity index (χ1v) is 9.34. The van der Waals surface area contributed by atoms with Gasteiger partial charge in [-0.2, -0.15) is 0 Å². The van der Waals surface area contributed by atoms with E-state index in [0.29, 0.717) is 30.9 Å². The summed E-state index contributed by atoms with van der Waals surface area (Å²) in [7, 11) is 0. The molecule has 5 aliphatic rings. The van der Waals surface area contributed by atoms with Crippen molar-refractivity contribution < 1.29 is 23.4 Å². The van der Waals surface area contributed by atoms with Crippen LogP contribution in [0.15, 0.2) is 12.1 Å². The average Bonchev–Trinajstić information content (AvgIpc) is 3.33. The zero-order chi connectivity index (χ0) is 17.3. The topological polar surface area (TPSA) is 46.5 Å². The molecule has 5 fully saturated rings. The second-order valence-corrected chi connectivity index (χ2v) is 8.65. The van der Waals surface area contributed by atoms with Crippen LogP contribution in [0.5, 0.6) is 5.75 Å². The Morgan fingerprint density at radius 2 is 1.84 bits per heavy atom. The maximum Gasteiger partial charge on any atom is 0.338 e. The summed E-state index contributed by atoms with van der Waals surface area (Å²) < 4.78 is 35.3. The standard InChI is InChI=1S/C20H22F2O3/c21-16-6-17(14(11-1-2-11)5-15(16)19(23)24)25-18-12-3-10-4-13(18)9-20(22,7-10)8-12/h5-6,10-13,18H,1-4,7-9H2,(H,23,24)/t10-,12+,13-,18-,20+. The van der Waals surface area contributed by atoms with Gasteiger partial charge in [-0.3, -0.25) is 0 Å². The Morgan fingerprint density at radius 3 is 2.40 bits per heavy atom. The first-order valence-electron chi connectivity index (χ1n) is 9.34. The third-order valence-electron chi connectivity index (χ3n) is 6.72. The second kappa shape index (κ2) is 5.18. The van der Waals surface area contributed by atoms with Gasteiger partial charge < -0.3 is 9.84 Å². The van der Waals surface area contributed by atoms with E-state index in [2.05, 4.69) is 0 Å². The Morgan fingerprint density at radius 1 is 1.16 bits per heavy atom. The van der Waals surface area contributed by atoms with Gasteiger partial charge in [-0.05, 0) is 80.2 Å². The molecule has 134 valence electrons. The molecule has 6 rings (SSSR count). The van der Waals surface area contributed by atoms with E-state index in [0.717, 1.165) is 31.2 Å². The first-order chi connectivity index (χ1) is 11.9. The van der Waals surface area contributed by atoms with E-state index in [-0.39, 0.29) is 29.4 Å². The summed E-state index contributed by atoms with van der Waals surface area (Å²) in [6.07, 6.45) is 5.71. The lowest BCUT2D eigenvalue weighted by molar-refractivity contribution is -0.134. The van der Waals surface area contributed by atoms with Crippen LogP contribution in [0, 0.1) is 23.6 Å². The number of benzene rings is 1. The van der Waals surface area contributed by atoms with E-state index in [9.17, 15) is 18.7 Å². The third-order valence-corrected chi connectivity index (χ3v) is 6.72. The number of halogens is 2. The number of ether oxygens (including phenoxy) is 1. The molecule has 5 saturated carbocycles. The van der Waals surface area contributed by atoms with Crippen molar-refractivity contribution in [1.29, 1.82) is 0 Å². The molecule has 1 N–H and O–H groups in total. The highest BCUT2D eigenvalue weighted by atomic mass is 19.1. The molecular weight excluding hydrogens is 326 g/mol. The smallest absolute Gasteiger partial charge is 0.338 e. The molecule has 0 unspecified atom stereocenters. The lowest BCUT2D eigenvalue weighted by Gasteiger charge is -2.56. The van der Waals surface area contributed by atoms with Gasteiger partial charge in [0.1, 0.15) is 23.3 Å². The summed E-state index contributed by atoms with van der Waals surface area (Å²) in [6, 6.07) is 2.69. The fraction of sp³-hybridized carbons (Fsp3) is 0.650. The molecule has 1 aromatic carbocycles. The molecule has 25 heavy (non-hydrogen) atoms. The van der Waals surface area contributed by atoms with Crippen LogP contribution in [-0.2, 0) is 0 Å². The predicted octanol–water partition coefficient (Wildman–Crippen LogP) is 4.70. The van der Waals surface area contributed by atoms with Gasteiger partial charge in [0.15, 0.2) is 0 Å². The summed E-state index contributed by atoms with van der Waals surface area (Å²) in [5, 5.41) is 9.18. The van der Waals surface area contributed by atoms with Crippen molar-refractivity contribution in [3.63, 3.8) is 0 Å². The van der Waals surface area contributed by atoms with Crippen molar-refractivity contribution in [1.82, 2.24) is 0 Å². The number of alkyl halides is 1. The van der Waals surface area contributed by atoms with E-state index in [1.807, 2.05) is 0 Å². The van der Waals surface area contributed by atoms with Crippen molar-refractivity contribution in [3.05, 3.63) is 29.1 Å². The number of hydrogen-bond donors (Lipinski definition) is 1. The van der Waals surface area contributed by atoms with E-state index in [1.165, 1.54) is 12.1 Å². The highest BCUT2D eigenvalue weighted by molar-refractivity contribution is 5.88. The molecule has 1 aromatic rings. The lowest BCUT2D eigenvalue weighted by atomic mass is 9.53. The summed E-state index contributed by atoms with van der Waals surface area (Å²) in [6.45, 7) is 0. The van der Waals surface area contributed by atoms with Crippen LogP contribution in [0.2, 0.25) is 0 Å². The quantitative estimate of drug-likeness (QED) is 0.858. The number of aromatic carboxylic acids is 1. The van der Waals surface area contributed by atoms with Crippen LogP contribution in [-0.4, -0.2) is 22.8 Å². The molecule has 4 bridgehead atoms. The van der Waals surface area contributed by atoms with Crippen molar-refractivity contribution in [2.45, 2.75) is 62.6 Å². The van der Waals surface area contributed by atoms with E-state index in [1.54, 1.807) is 0 Å². The summed E-state index contributed by atoms with van der Waals surface area (Å²) in [4.78, 5) is 11.2. The zero-order valence-electron chi connectivity index (χ0n) is 14.0. The number of carbonyl (C=O) groups is 1. The zero-order valence-corrected chi connectivity index (χ0v) is 14.0. The highest BCUT2D eigenvalue weighted by Gasteiger charge is 2.57. The van der Waals surface area contributed by atoms with Crippen LogP contribution in [0.4, 0.5) is 8.78 Å². The summed E-state index contributed by atoms with van der Waals surface area (Å²) >= 11 is 0. The number of rotatable bonds is 4. The van der Waals surface area contributed by atoms with Crippen molar-refractivity contribution in [2.24, 2.45) is 17.8 Å². The van der Waals surface area contributed by atoms with Gasteiger partial charge in [0.25, 0.3) is 0 Å². The van der Waals surface area contributed by atoms with Gasteiger partial charge in [-0.1, -0.05) is 0 Å². The normalized spacial score (nSPS) is 38.8. The molecule has 0 aromatic heterocycles. The molecule has 5 aliphatic carbocycles. The Balaban J connectivity index is 1.46. The SMILES string of the molecule is O=C(O)c1cc(C2CC2)c(O[C@H]2[C@@H]3C[C@H]4C[C@H]2C[C@@](F)(C4)C3)cc1F. The third kappa shape index (κ3) is 2.54. The van der Waals surface area contributed by atoms with Crippen molar-refractivity contribution in [3.8, 4) is 5.75 Å². The number of carboxylic acid groups (broad SMARTS) is 1. The van der Waals surface area contributed by atoms with Crippen LogP contribution >= 0.6 is 0 Å². The van der Waals surface area contributed by atoms with Gasteiger partial charge in [0.05, 0.1) is 5.56 Å². The molecule has 5 atom stereocenters. The summed E-state index contributed by atoms with van der Waals surface area (Å²) in [5.74, 6) is -0.390. The Bertz CT molecular complexity index is 727. The van der Waals surface area contributed by atoms with E-state index >= 15 is 0 Å². The molecule has 0 saturated heterocycles. The number of carboxylic acids is 1. The minimum absolute atomic E-state index is 0.0620. The molecule has 0 heterocycles. The van der Waals surface area contributed by atoms with Gasteiger partial charge in [-0.15, -0.1) is 0 Å². The Hall–Kier alpha value is -1.65. The largest absolute Gasteiger partial charge is 0.489 e. The maximum absolute atomic E-state index is 14.8. The predicted molar refractivity (Wildman–Crippen MR) is 87.1 cm³/mol. The fourth-order valence-electron chi connectivity index (χ4n) is 5.77. The highest BCUT2D eigenvalue weighted by Crippen LogP contribution is 2.58. The second-order valence-electron chi connectivity index (χ2n) is 8.65. The molecule has 3 nitrogen and oxygen atoms in total. The van der Waals surface area contributed by atoms with Crippen LogP contribution in [0.25, 0.3) is 0 Å². The minimum atomic E-state index is -1.25. The van der Waals surface area contributed by atoms with Gasteiger partial charge in [-0.25, -0.2) is 13.6 Å². The minimum Gasteiger partial charge on any atom is -0.489 e. The van der Waals surface area contributed by atoms with Gasteiger partial charge >= 0.3 is 5.97 Å². The Labute approximate surface area is 145 Å². The monoisotopic (exact) mass is 348 g/mol. The van der Waals surface area contributed by atoms with Gasteiger partial charge in [0, 0.05) is 6.07 Å². The van der Waals surface area contributed by atoms with E-state index < -0.39 is 17.5 Å². The molecule has 0 aliphatic heterocycles. The lowest BCUT2D eigenvalue weighted by Crippen LogP contribution is -2.56. The average molecular weight is 348 g/mol. The molecule has 5 heteroatoms. The molecule has 0 amide bonds. The first kappa shape index (κ1) is 15.6. The van der Waals surface area contributed by atoms with Crippen LogP contribution in [0.1, 0.15) is 66.8 Å². The van der Waals surface area contributed by atoms with Crippen LogP contribution in [0.3, 0.4) is 0 Å².